The number of rotatable bonds is 9. The molecule has 262 valence electrons. The zero-order valence-corrected chi connectivity index (χ0v) is 29.5. The lowest BCUT2D eigenvalue weighted by molar-refractivity contribution is -0.142. The van der Waals surface area contributed by atoms with Crippen molar-refractivity contribution in [2.24, 2.45) is 0 Å². The van der Waals surface area contributed by atoms with E-state index in [-0.39, 0.29) is 29.1 Å². The van der Waals surface area contributed by atoms with E-state index in [1.807, 2.05) is 0 Å². The third-order valence-corrected chi connectivity index (χ3v) is 11.1. The maximum Gasteiger partial charge on any atom is 0.327 e. The molecule has 1 unspecified atom stereocenters. The number of hydrogen-bond acceptors (Lipinski definition) is 14. The van der Waals surface area contributed by atoms with E-state index in [4.69, 9.17) is 0 Å². The lowest BCUT2D eigenvalue weighted by Gasteiger charge is -2.27. The quantitative estimate of drug-likeness (QED) is 0.124. The Morgan fingerprint density at radius 1 is 0.783 bits per heavy atom. The second-order valence-corrected chi connectivity index (χ2v) is 15.7. The van der Waals surface area contributed by atoms with Crippen LogP contribution in [0.1, 0.15) is 41.0 Å². The Balaban J connectivity index is 3.36. The van der Waals surface area contributed by atoms with Crippen molar-refractivity contribution >= 4 is 84.5 Å². The molecule has 4 amide bonds. The van der Waals surface area contributed by atoms with Gasteiger partial charge in [-0.15, -0.1) is 0 Å². The number of hydrogen-bond donors (Lipinski definition) is 9. The summed E-state index contributed by atoms with van der Waals surface area (Å²) in [6.45, 7) is 8.21. The average molecular weight is 729 g/mol. The summed E-state index contributed by atoms with van der Waals surface area (Å²) in [6, 6.07) is -7.31. The number of amides is 4. The molecular formula is C26H44N6O10S4. The summed E-state index contributed by atoms with van der Waals surface area (Å²) in [5, 5.41) is 45.2. The van der Waals surface area contributed by atoms with Crippen LogP contribution >= 0.6 is 43.2 Å². The Morgan fingerprint density at radius 3 is 1.80 bits per heavy atom. The number of ketones is 1. The number of carbonyl (C=O) groups is 7. The largest absolute Gasteiger partial charge is 0.481 e. The molecule has 1 aliphatic heterocycles. The van der Waals surface area contributed by atoms with Gasteiger partial charge in [-0.3, -0.25) is 28.8 Å². The van der Waals surface area contributed by atoms with Gasteiger partial charge in [0.15, 0.2) is 5.78 Å². The van der Waals surface area contributed by atoms with E-state index in [0.29, 0.717) is 6.54 Å². The smallest absolute Gasteiger partial charge is 0.327 e. The highest BCUT2D eigenvalue weighted by Gasteiger charge is 2.33. The van der Waals surface area contributed by atoms with Crippen molar-refractivity contribution in [3.8, 4) is 0 Å². The SMILES string of the molecule is CCN[C@H]1CSSC[C@@H](C(=O)O)NC(=O)C([C@@H](C)O)NC(=O)[C@@H](NC(C)C)CSSC[C@@H](C(C)=O)NC(=O)[C@H](CC(=O)O)NC1=O. The van der Waals surface area contributed by atoms with Crippen LogP contribution in [0.25, 0.3) is 0 Å². The summed E-state index contributed by atoms with van der Waals surface area (Å²) in [5.41, 5.74) is 0. The fourth-order valence-corrected chi connectivity index (χ4v) is 8.60. The predicted octanol–water partition coefficient (Wildman–Crippen LogP) is -1.42. The average Bonchev–Trinajstić information content (AvgIpc) is 2.95. The number of aliphatic hydroxyl groups excluding tert-OH is 1. The lowest BCUT2D eigenvalue weighted by atomic mass is 10.1. The van der Waals surface area contributed by atoms with Gasteiger partial charge in [0.05, 0.1) is 30.7 Å². The molecule has 9 N–H and O–H groups in total. The molecule has 0 aromatic carbocycles. The van der Waals surface area contributed by atoms with Gasteiger partial charge in [0, 0.05) is 29.1 Å². The number of carbonyl (C=O) groups excluding carboxylic acids is 5. The molecule has 1 rings (SSSR count). The molecule has 0 aliphatic carbocycles. The van der Waals surface area contributed by atoms with Crippen LogP contribution < -0.4 is 31.9 Å². The third kappa shape index (κ3) is 15.6. The van der Waals surface area contributed by atoms with Gasteiger partial charge >= 0.3 is 11.9 Å². The molecule has 0 bridgehead atoms. The van der Waals surface area contributed by atoms with E-state index in [1.54, 1.807) is 20.8 Å². The minimum atomic E-state index is -1.49. The number of nitrogens with one attached hydrogen (secondary N) is 6. The molecule has 1 aliphatic rings. The van der Waals surface area contributed by atoms with Crippen LogP contribution in [0.15, 0.2) is 0 Å². The molecule has 46 heavy (non-hydrogen) atoms. The van der Waals surface area contributed by atoms with Crippen molar-refractivity contribution < 1.29 is 48.9 Å². The van der Waals surface area contributed by atoms with E-state index < -0.39 is 90.1 Å². The van der Waals surface area contributed by atoms with Gasteiger partial charge in [-0.05, 0) is 20.4 Å². The van der Waals surface area contributed by atoms with Crippen LogP contribution in [-0.2, 0) is 33.6 Å². The van der Waals surface area contributed by atoms with Crippen molar-refractivity contribution in [1.29, 1.82) is 0 Å². The predicted molar refractivity (Wildman–Crippen MR) is 179 cm³/mol. The molecule has 0 aromatic heterocycles. The summed E-state index contributed by atoms with van der Waals surface area (Å²) in [5.74, 6) is -6.05. The fourth-order valence-electron chi connectivity index (χ4n) is 3.82. The summed E-state index contributed by atoms with van der Waals surface area (Å²) < 4.78 is 0. The van der Waals surface area contributed by atoms with E-state index in [1.165, 1.54) is 24.6 Å². The van der Waals surface area contributed by atoms with Crippen LogP contribution in [0.4, 0.5) is 0 Å². The van der Waals surface area contributed by atoms with E-state index in [2.05, 4.69) is 31.9 Å². The zero-order chi connectivity index (χ0) is 35.0. The molecule has 20 heteroatoms. The van der Waals surface area contributed by atoms with Gasteiger partial charge in [-0.1, -0.05) is 63.9 Å². The summed E-state index contributed by atoms with van der Waals surface area (Å²) in [4.78, 5) is 88.2. The summed E-state index contributed by atoms with van der Waals surface area (Å²) in [6.07, 6.45) is -2.10. The topological polar surface area (TPSA) is 252 Å². The first kappa shape index (κ1) is 41.8. The van der Waals surface area contributed by atoms with Crippen LogP contribution in [0.3, 0.4) is 0 Å². The van der Waals surface area contributed by atoms with Crippen molar-refractivity contribution in [3.05, 3.63) is 0 Å². The first-order valence-corrected chi connectivity index (χ1v) is 19.4. The number of Topliss-reactive ketones (excluding diaryl/α,β-unsaturated/α-hetero) is 1. The molecule has 0 spiro atoms. The maximum absolute atomic E-state index is 13.2. The molecule has 1 fully saturated rings. The van der Waals surface area contributed by atoms with Gasteiger partial charge in [0.2, 0.25) is 23.6 Å². The van der Waals surface area contributed by atoms with Crippen LogP contribution in [0.5, 0.6) is 0 Å². The molecule has 0 aromatic rings. The van der Waals surface area contributed by atoms with Crippen molar-refractivity contribution in [3.63, 3.8) is 0 Å². The lowest BCUT2D eigenvalue weighted by Crippen LogP contribution is -2.59. The summed E-state index contributed by atoms with van der Waals surface area (Å²) in [7, 11) is 4.49. The number of likely N-dealkylation sites (N-methyl/N-ethyl adjacent to an activating group) is 1. The van der Waals surface area contributed by atoms with Gasteiger partial charge in [-0.2, -0.15) is 0 Å². The number of carboxylic acid groups (broad SMARTS) is 2. The van der Waals surface area contributed by atoms with Crippen LogP contribution in [-0.4, -0.2) is 135 Å². The Labute approximate surface area is 283 Å². The second kappa shape index (κ2) is 21.6. The fraction of sp³-hybridized carbons (Fsp3) is 0.731. The monoisotopic (exact) mass is 728 g/mol. The molecular weight excluding hydrogens is 685 g/mol. The highest BCUT2D eigenvalue weighted by atomic mass is 33.1. The molecule has 0 saturated carbocycles. The Morgan fingerprint density at radius 2 is 1.30 bits per heavy atom. The van der Waals surface area contributed by atoms with Gasteiger partial charge in [0.25, 0.3) is 0 Å². The first-order chi connectivity index (χ1) is 21.6. The van der Waals surface area contributed by atoms with Gasteiger partial charge in [-0.25, -0.2) is 4.79 Å². The molecule has 16 nitrogen and oxygen atoms in total. The number of carboxylic acids is 2. The highest BCUT2D eigenvalue weighted by molar-refractivity contribution is 8.77. The van der Waals surface area contributed by atoms with Gasteiger partial charge in [0.1, 0.15) is 18.1 Å². The van der Waals surface area contributed by atoms with Crippen LogP contribution in [0, 0.1) is 0 Å². The van der Waals surface area contributed by atoms with Gasteiger partial charge < -0.3 is 47.2 Å². The number of aliphatic carboxylic acids is 2. The van der Waals surface area contributed by atoms with Crippen molar-refractivity contribution in [2.45, 2.75) is 89.4 Å². The minimum absolute atomic E-state index is 0.0542. The van der Waals surface area contributed by atoms with Crippen molar-refractivity contribution in [1.82, 2.24) is 31.9 Å². The van der Waals surface area contributed by atoms with E-state index in [0.717, 1.165) is 32.4 Å². The summed E-state index contributed by atoms with van der Waals surface area (Å²) >= 11 is 0. The molecule has 1 saturated heterocycles. The number of aliphatic hydroxyl groups is 1. The molecule has 1 heterocycles. The standard InChI is InChI=1S/C26H44N6O10S4/c1-6-27-17-9-44-46-11-19(26(41)42)31-25(40)21(14(5)34)32-24(39)18(28-12(2)3)10-45-43-8-16(13(4)33)30-22(37)15(7-20(35)36)29-23(17)38/h12,14-19,21,27-28,34H,6-11H2,1-5H3,(H,29,38)(H,30,37)(H,31,40)(H,32,39)(H,35,36)(H,41,42)/t14-,15+,16+,17+,18+,19+,21?/m1/s1. The normalized spacial score (nSPS) is 27.5. The molecule has 7 atom stereocenters. The highest BCUT2D eigenvalue weighted by Crippen LogP contribution is 2.25. The first-order valence-electron chi connectivity index (χ1n) is 14.4. The van der Waals surface area contributed by atoms with E-state index >= 15 is 0 Å². The van der Waals surface area contributed by atoms with Crippen LogP contribution in [0.2, 0.25) is 0 Å². The van der Waals surface area contributed by atoms with Crippen molar-refractivity contribution in [2.75, 3.05) is 29.6 Å². The Kier molecular flexibility index (Phi) is 19.6. The second-order valence-electron chi connectivity index (χ2n) is 10.6. The third-order valence-electron chi connectivity index (χ3n) is 6.22. The maximum atomic E-state index is 13.2. The zero-order valence-electron chi connectivity index (χ0n) is 26.2. The van der Waals surface area contributed by atoms with E-state index in [9.17, 15) is 48.9 Å². The minimum Gasteiger partial charge on any atom is -0.481 e. The molecule has 0 radical (unpaired) electrons. The Bertz CT molecular complexity index is 1090. The Hall–Kier alpha value is -2.23.